The van der Waals surface area contributed by atoms with Crippen molar-refractivity contribution in [3.8, 4) is 5.69 Å². The predicted molar refractivity (Wildman–Crippen MR) is 126 cm³/mol. The number of fused-ring (bicyclic) bond motifs is 1. The third-order valence-corrected chi connectivity index (χ3v) is 5.70. The maximum absolute atomic E-state index is 13.3. The summed E-state index contributed by atoms with van der Waals surface area (Å²) in [4.78, 5) is 42.1. The Kier molecular flexibility index (Phi) is 6.89. The van der Waals surface area contributed by atoms with Gasteiger partial charge in [0, 0.05) is 17.8 Å². The monoisotopic (exact) mass is 505 g/mol. The first-order valence-electron chi connectivity index (χ1n) is 10.1. The molecule has 1 N–H and O–H groups in total. The van der Waals surface area contributed by atoms with Crippen molar-refractivity contribution in [1.82, 2.24) is 14.1 Å². The van der Waals surface area contributed by atoms with Gasteiger partial charge in [0.15, 0.2) is 0 Å². The van der Waals surface area contributed by atoms with Crippen molar-refractivity contribution in [1.29, 1.82) is 0 Å². The number of nitrogens with zero attached hydrogens (tertiary/aromatic N) is 3. The zero-order valence-corrected chi connectivity index (χ0v) is 19.3. The molecular formula is C24H19ClF3N3O4. The van der Waals surface area contributed by atoms with E-state index in [2.05, 4.69) is 4.98 Å². The van der Waals surface area contributed by atoms with Gasteiger partial charge in [-0.2, -0.15) is 13.2 Å². The van der Waals surface area contributed by atoms with Gasteiger partial charge in [-0.25, -0.2) is 9.59 Å². The second-order valence-electron chi connectivity index (χ2n) is 7.81. The van der Waals surface area contributed by atoms with Crippen LogP contribution in [0.3, 0.4) is 0 Å². The van der Waals surface area contributed by atoms with Gasteiger partial charge in [-0.3, -0.25) is 18.9 Å². The quantitative estimate of drug-likeness (QED) is 0.445. The maximum atomic E-state index is 13.3. The molecule has 2 heterocycles. The van der Waals surface area contributed by atoms with Crippen molar-refractivity contribution in [2.75, 3.05) is 0 Å². The number of aryl methyl sites for hydroxylation is 1. The fourth-order valence-electron chi connectivity index (χ4n) is 3.83. The Bertz CT molecular complexity index is 1580. The molecule has 0 radical (unpaired) electrons. The zero-order valence-electron chi connectivity index (χ0n) is 18.5. The van der Waals surface area contributed by atoms with Crippen LogP contribution in [0.4, 0.5) is 13.2 Å². The summed E-state index contributed by atoms with van der Waals surface area (Å²) in [6.07, 6.45) is -2.12. The lowest BCUT2D eigenvalue weighted by Gasteiger charge is -2.16. The average Bonchev–Trinajstić information content (AvgIpc) is 2.76. The van der Waals surface area contributed by atoms with Gasteiger partial charge >= 0.3 is 17.8 Å². The highest BCUT2D eigenvalue weighted by atomic mass is 35.5. The van der Waals surface area contributed by atoms with Crippen molar-refractivity contribution in [3.05, 3.63) is 104 Å². The van der Waals surface area contributed by atoms with Crippen LogP contribution in [-0.4, -0.2) is 25.2 Å². The largest absolute Gasteiger partial charge is 0.477 e. The van der Waals surface area contributed by atoms with E-state index in [4.69, 9.17) is 0 Å². The van der Waals surface area contributed by atoms with Crippen molar-refractivity contribution < 1.29 is 23.1 Å². The van der Waals surface area contributed by atoms with Crippen LogP contribution >= 0.6 is 12.4 Å². The number of alkyl halides is 3. The molecule has 0 spiro atoms. The first-order chi connectivity index (χ1) is 16.0. The van der Waals surface area contributed by atoms with Crippen molar-refractivity contribution in [2.24, 2.45) is 0 Å². The van der Waals surface area contributed by atoms with Crippen LogP contribution < -0.4 is 11.2 Å². The second kappa shape index (κ2) is 9.38. The number of pyridine rings is 1. The average molecular weight is 506 g/mol. The fourth-order valence-corrected chi connectivity index (χ4v) is 3.83. The van der Waals surface area contributed by atoms with Crippen molar-refractivity contribution >= 4 is 29.3 Å². The molecule has 0 aliphatic heterocycles. The summed E-state index contributed by atoms with van der Waals surface area (Å²) in [6.45, 7) is 2.59. The minimum atomic E-state index is -4.62. The second-order valence-corrected chi connectivity index (χ2v) is 7.81. The molecule has 0 unspecified atom stereocenters. The Morgan fingerprint density at radius 3 is 2.46 bits per heavy atom. The van der Waals surface area contributed by atoms with E-state index in [1.54, 1.807) is 24.4 Å². The normalized spacial score (nSPS) is 11.3. The number of benzene rings is 2. The Balaban J connectivity index is 0.00000342. The van der Waals surface area contributed by atoms with Gasteiger partial charge in [0.1, 0.15) is 5.56 Å². The summed E-state index contributed by atoms with van der Waals surface area (Å²) < 4.78 is 41.6. The molecule has 0 bridgehead atoms. The number of aromatic carboxylic acids is 1. The summed E-state index contributed by atoms with van der Waals surface area (Å²) in [5.41, 5.74) is -1.93. The predicted octanol–water partition coefficient (Wildman–Crippen LogP) is 4.35. The van der Waals surface area contributed by atoms with Gasteiger partial charge in [0.05, 0.1) is 23.3 Å². The number of aromatic nitrogens is 3. The topological polar surface area (TPSA) is 94.2 Å². The maximum Gasteiger partial charge on any atom is 0.416 e. The highest BCUT2D eigenvalue weighted by molar-refractivity contribution is 5.87. The van der Waals surface area contributed by atoms with Gasteiger partial charge < -0.3 is 5.11 Å². The van der Waals surface area contributed by atoms with Crippen LogP contribution in [0, 0.1) is 13.8 Å². The molecular weight excluding hydrogens is 487 g/mol. The summed E-state index contributed by atoms with van der Waals surface area (Å²) >= 11 is 0. The summed E-state index contributed by atoms with van der Waals surface area (Å²) in [6, 6.07) is 10.1. The van der Waals surface area contributed by atoms with Gasteiger partial charge in [0.2, 0.25) is 0 Å². The Morgan fingerprint density at radius 1 is 1.09 bits per heavy atom. The van der Waals surface area contributed by atoms with Gasteiger partial charge in [-0.05, 0) is 54.8 Å². The summed E-state index contributed by atoms with van der Waals surface area (Å²) in [5.74, 6) is -1.57. The molecule has 0 aliphatic rings. The molecule has 182 valence electrons. The number of hydrogen-bond acceptors (Lipinski definition) is 4. The Labute approximate surface area is 202 Å². The van der Waals surface area contributed by atoms with Crippen LogP contribution in [0.25, 0.3) is 16.6 Å². The third-order valence-electron chi connectivity index (χ3n) is 5.70. The molecule has 4 rings (SSSR count). The van der Waals surface area contributed by atoms with E-state index in [0.29, 0.717) is 10.1 Å². The first kappa shape index (κ1) is 25.7. The van der Waals surface area contributed by atoms with Crippen molar-refractivity contribution in [3.63, 3.8) is 0 Å². The molecule has 0 saturated heterocycles. The molecule has 0 aliphatic carbocycles. The lowest BCUT2D eigenvalue weighted by molar-refractivity contribution is -0.138. The van der Waals surface area contributed by atoms with Crippen LogP contribution in [0.1, 0.15) is 32.6 Å². The van der Waals surface area contributed by atoms with Crippen molar-refractivity contribution in [2.45, 2.75) is 26.6 Å². The first-order valence-corrected chi connectivity index (χ1v) is 10.1. The molecule has 35 heavy (non-hydrogen) atoms. The Hall–Kier alpha value is -3.92. The molecule has 2 aromatic heterocycles. The zero-order chi connectivity index (χ0) is 24.8. The number of halogens is 4. The van der Waals surface area contributed by atoms with Gasteiger partial charge in [-0.1, -0.05) is 18.2 Å². The van der Waals surface area contributed by atoms with E-state index in [1.807, 2.05) is 13.0 Å². The van der Waals surface area contributed by atoms with E-state index >= 15 is 0 Å². The SMILES string of the molecule is Cc1c(Cn2c(=O)c(C(=O)O)cn(-c3ccc4c(C)ccnc4c3)c2=O)cccc1C(F)(F)F.Cl. The minimum Gasteiger partial charge on any atom is -0.477 e. The molecule has 2 aromatic carbocycles. The van der Waals surface area contributed by atoms with Crippen LogP contribution in [-0.2, 0) is 12.7 Å². The Morgan fingerprint density at radius 2 is 1.80 bits per heavy atom. The number of carboxylic acids is 1. The van der Waals surface area contributed by atoms with Gasteiger partial charge in [-0.15, -0.1) is 12.4 Å². The summed E-state index contributed by atoms with van der Waals surface area (Å²) in [5, 5.41) is 10.4. The van der Waals surface area contributed by atoms with E-state index in [1.165, 1.54) is 19.1 Å². The molecule has 0 saturated carbocycles. The lowest BCUT2D eigenvalue weighted by atomic mass is 10.0. The molecule has 0 fully saturated rings. The lowest BCUT2D eigenvalue weighted by Crippen LogP contribution is -2.42. The van der Waals surface area contributed by atoms with E-state index in [0.717, 1.165) is 27.8 Å². The molecule has 11 heteroatoms. The number of rotatable bonds is 4. The van der Waals surface area contributed by atoms with Crippen LogP contribution in [0.15, 0.2) is 64.4 Å². The highest BCUT2D eigenvalue weighted by Crippen LogP contribution is 2.33. The standard InChI is InChI=1S/C24H18F3N3O4.ClH/c1-13-8-9-28-20-10-16(6-7-17(13)20)29-12-18(22(32)33)21(31)30(23(29)34)11-15-4-3-5-19(14(15)2)24(25,26)27;/h3-10,12H,11H2,1-2H3,(H,32,33);1H. The number of carboxylic acid groups (broad SMARTS) is 1. The molecule has 7 nitrogen and oxygen atoms in total. The van der Waals surface area contributed by atoms with E-state index in [-0.39, 0.29) is 29.2 Å². The fraction of sp³-hybridized carbons (Fsp3) is 0.167. The van der Waals surface area contributed by atoms with Crippen LogP contribution in [0.2, 0.25) is 0 Å². The smallest absolute Gasteiger partial charge is 0.416 e. The third kappa shape index (κ3) is 4.69. The van der Waals surface area contributed by atoms with Gasteiger partial charge in [0.25, 0.3) is 5.56 Å². The van der Waals surface area contributed by atoms with Crippen LogP contribution in [0.5, 0.6) is 0 Å². The molecule has 0 atom stereocenters. The number of carbonyl (C=O) groups is 1. The minimum absolute atomic E-state index is 0. The van der Waals surface area contributed by atoms with E-state index in [9.17, 15) is 32.7 Å². The molecule has 4 aromatic rings. The van der Waals surface area contributed by atoms with E-state index < -0.39 is 41.1 Å². The molecule has 0 amide bonds. The summed E-state index contributed by atoms with van der Waals surface area (Å²) in [7, 11) is 0. The highest BCUT2D eigenvalue weighted by Gasteiger charge is 2.33. The number of hydrogen-bond donors (Lipinski definition) is 1.